The summed E-state index contributed by atoms with van der Waals surface area (Å²) in [6.07, 6.45) is 0.831. The number of likely N-dealkylation sites (N-methyl/N-ethyl adjacent to an activating group) is 1. The molecule has 0 bridgehead atoms. The Labute approximate surface area is 122 Å². The minimum atomic E-state index is 0.257. The van der Waals surface area contributed by atoms with Crippen molar-refractivity contribution in [2.24, 2.45) is 0 Å². The smallest absolute Gasteiger partial charge is 0.123 e. The Morgan fingerprint density at radius 2 is 2.10 bits per heavy atom. The highest BCUT2D eigenvalue weighted by atomic mass is 16.5. The summed E-state index contributed by atoms with van der Waals surface area (Å²) in [6.45, 7) is 7.68. The molecule has 1 atom stereocenters. The van der Waals surface area contributed by atoms with Gasteiger partial charge in [0, 0.05) is 38.3 Å². The van der Waals surface area contributed by atoms with Gasteiger partial charge in [0.15, 0.2) is 0 Å². The second-order valence-corrected chi connectivity index (χ2v) is 5.26. The second kappa shape index (κ2) is 7.62. The maximum Gasteiger partial charge on any atom is 0.123 e. The molecular formula is C16H26N2O2. The van der Waals surface area contributed by atoms with Crippen molar-refractivity contribution >= 4 is 0 Å². The lowest BCUT2D eigenvalue weighted by atomic mass is 10.0. The molecule has 1 aromatic rings. The first-order chi connectivity index (χ1) is 9.80. The van der Waals surface area contributed by atoms with Gasteiger partial charge in [-0.1, -0.05) is 25.1 Å². The van der Waals surface area contributed by atoms with Crippen LogP contribution in [0.2, 0.25) is 0 Å². The predicted octanol–water partition coefficient (Wildman–Crippen LogP) is 1.76. The molecular weight excluding hydrogens is 252 g/mol. The number of hydrogen-bond acceptors (Lipinski definition) is 4. The Balaban J connectivity index is 2.21. The molecule has 0 radical (unpaired) electrons. The molecule has 1 aliphatic heterocycles. The molecule has 0 amide bonds. The normalized spacial score (nSPS) is 21.1. The summed E-state index contributed by atoms with van der Waals surface area (Å²) >= 11 is 0. The number of para-hydroxylation sites is 1. The van der Waals surface area contributed by atoms with E-state index in [9.17, 15) is 0 Å². The van der Waals surface area contributed by atoms with Crippen LogP contribution in [0, 0.1) is 0 Å². The van der Waals surface area contributed by atoms with Crippen LogP contribution in [0.1, 0.15) is 24.9 Å². The molecule has 0 aromatic heterocycles. The largest absolute Gasteiger partial charge is 0.496 e. The van der Waals surface area contributed by atoms with E-state index in [1.54, 1.807) is 7.11 Å². The monoisotopic (exact) mass is 278 g/mol. The van der Waals surface area contributed by atoms with E-state index in [4.69, 9.17) is 9.84 Å². The van der Waals surface area contributed by atoms with E-state index in [-0.39, 0.29) is 6.61 Å². The van der Waals surface area contributed by atoms with Gasteiger partial charge >= 0.3 is 0 Å². The van der Waals surface area contributed by atoms with E-state index < -0.39 is 0 Å². The van der Waals surface area contributed by atoms with Crippen LogP contribution in [-0.2, 0) is 0 Å². The molecule has 1 aliphatic rings. The van der Waals surface area contributed by atoms with Gasteiger partial charge in [-0.05, 0) is 19.0 Å². The molecule has 0 saturated carbocycles. The lowest BCUT2D eigenvalue weighted by Gasteiger charge is -2.41. The van der Waals surface area contributed by atoms with Gasteiger partial charge in [-0.2, -0.15) is 0 Å². The van der Waals surface area contributed by atoms with Crippen molar-refractivity contribution in [1.82, 2.24) is 9.80 Å². The van der Waals surface area contributed by atoms with Gasteiger partial charge in [0.05, 0.1) is 13.2 Å². The minimum Gasteiger partial charge on any atom is -0.496 e. The summed E-state index contributed by atoms with van der Waals surface area (Å²) in [7, 11) is 1.73. The second-order valence-electron chi connectivity index (χ2n) is 5.26. The van der Waals surface area contributed by atoms with Gasteiger partial charge in [0.25, 0.3) is 0 Å². The number of piperazine rings is 1. The molecule has 1 heterocycles. The third-order valence-corrected chi connectivity index (χ3v) is 4.12. The first kappa shape index (κ1) is 15.3. The van der Waals surface area contributed by atoms with Crippen LogP contribution in [0.4, 0.5) is 0 Å². The Hall–Kier alpha value is -1.10. The highest BCUT2D eigenvalue weighted by Crippen LogP contribution is 2.32. The average Bonchev–Trinajstić information content (AvgIpc) is 2.52. The molecule has 1 saturated heterocycles. The fourth-order valence-corrected chi connectivity index (χ4v) is 2.94. The zero-order valence-electron chi connectivity index (χ0n) is 12.6. The van der Waals surface area contributed by atoms with Crippen LogP contribution in [-0.4, -0.2) is 61.3 Å². The van der Waals surface area contributed by atoms with Gasteiger partial charge in [0.2, 0.25) is 0 Å². The van der Waals surface area contributed by atoms with Crippen molar-refractivity contribution in [3.8, 4) is 5.75 Å². The molecule has 1 N–H and O–H groups in total. The number of aliphatic hydroxyl groups excluding tert-OH is 1. The Bertz CT molecular complexity index is 411. The van der Waals surface area contributed by atoms with Crippen molar-refractivity contribution in [3.63, 3.8) is 0 Å². The third kappa shape index (κ3) is 3.51. The first-order valence-electron chi connectivity index (χ1n) is 7.50. The number of aliphatic hydroxyl groups is 1. The molecule has 2 rings (SSSR count). The van der Waals surface area contributed by atoms with Crippen LogP contribution in [0.15, 0.2) is 24.3 Å². The first-order valence-corrected chi connectivity index (χ1v) is 7.50. The van der Waals surface area contributed by atoms with Crippen molar-refractivity contribution in [2.45, 2.75) is 19.4 Å². The number of methoxy groups -OCH3 is 1. The summed E-state index contributed by atoms with van der Waals surface area (Å²) in [5.74, 6) is 0.962. The van der Waals surface area contributed by atoms with Gasteiger partial charge in [-0.25, -0.2) is 0 Å². The lowest BCUT2D eigenvalue weighted by molar-refractivity contribution is 0.0704. The van der Waals surface area contributed by atoms with E-state index in [0.29, 0.717) is 6.04 Å². The molecule has 4 heteroatoms. The van der Waals surface area contributed by atoms with E-state index in [1.807, 2.05) is 12.1 Å². The molecule has 20 heavy (non-hydrogen) atoms. The molecule has 1 aromatic carbocycles. The molecule has 0 spiro atoms. The number of nitrogens with zero attached hydrogens (tertiary/aromatic N) is 2. The molecule has 0 aliphatic carbocycles. The van der Waals surface area contributed by atoms with Crippen molar-refractivity contribution in [2.75, 3.05) is 46.4 Å². The van der Waals surface area contributed by atoms with Gasteiger partial charge in [0.1, 0.15) is 5.75 Å². The quantitative estimate of drug-likeness (QED) is 0.860. The Morgan fingerprint density at radius 1 is 1.30 bits per heavy atom. The number of ether oxygens (including phenoxy) is 1. The standard InChI is InChI=1S/C16H26N2O2/c1-3-17-10-11-18(9-6-12-19)15(13-17)14-7-4-5-8-16(14)20-2/h4-5,7-8,15,19H,3,6,9-13H2,1-2H3. The molecule has 112 valence electrons. The summed E-state index contributed by atoms with van der Waals surface area (Å²) in [6, 6.07) is 8.64. The molecule has 1 unspecified atom stereocenters. The van der Waals surface area contributed by atoms with E-state index >= 15 is 0 Å². The minimum absolute atomic E-state index is 0.257. The maximum absolute atomic E-state index is 9.09. The predicted molar refractivity (Wildman–Crippen MR) is 81.1 cm³/mol. The van der Waals surface area contributed by atoms with Crippen molar-refractivity contribution < 1.29 is 9.84 Å². The summed E-state index contributed by atoms with van der Waals surface area (Å²) in [4.78, 5) is 4.95. The summed E-state index contributed by atoms with van der Waals surface area (Å²) < 4.78 is 5.53. The average molecular weight is 278 g/mol. The van der Waals surface area contributed by atoms with Crippen LogP contribution >= 0.6 is 0 Å². The number of rotatable bonds is 6. The van der Waals surface area contributed by atoms with E-state index in [0.717, 1.165) is 44.9 Å². The third-order valence-electron chi connectivity index (χ3n) is 4.12. The van der Waals surface area contributed by atoms with Crippen LogP contribution < -0.4 is 4.74 Å². The zero-order chi connectivity index (χ0) is 14.4. The van der Waals surface area contributed by atoms with Crippen LogP contribution in [0.25, 0.3) is 0 Å². The van der Waals surface area contributed by atoms with Crippen LogP contribution in [0.5, 0.6) is 5.75 Å². The topological polar surface area (TPSA) is 35.9 Å². The van der Waals surface area contributed by atoms with Crippen molar-refractivity contribution in [3.05, 3.63) is 29.8 Å². The number of hydrogen-bond donors (Lipinski definition) is 1. The lowest BCUT2D eigenvalue weighted by Crippen LogP contribution is -2.48. The fraction of sp³-hybridized carbons (Fsp3) is 0.625. The van der Waals surface area contributed by atoms with Crippen LogP contribution in [0.3, 0.4) is 0 Å². The maximum atomic E-state index is 9.09. The highest BCUT2D eigenvalue weighted by molar-refractivity contribution is 5.36. The van der Waals surface area contributed by atoms with E-state index in [2.05, 4.69) is 28.9 Å². The molecule has 4 nitrogen and oxygen atoms in total. The Morgan fingerprint density at radius 3 is 2.80 bits per heavy atom. The summed E-state index contributed by atoms with van der Waals surface area (Å²) in [5, 5.41) is 9.09. The van der Waals surface area contributed by atoms with Gasteiger partial charge < -0.3 is 14.7 Å². The SMILES string of the molecule is CCN1CCN(CCCO)C(c2ccccc2OC)C1. The zero-order valence-corrected chi connectivity index (χ0v) is 12.6. The van der Waals surface area contributed by atoms with Gasteiger partial charge in [-0.3, -0.25) is 4.90 Å². The van der Waals surface area contributed by atoms with Crippen molar-refractivity contribution in [1.29, 1.82) is 0 Å². The molecule has 1 fully saturated rings. The van der Waals surface area contributed by atoms with E-state index in [1.165, 1.54) is 5.56 Å². The van der Waals surface area contributed by atoms with Gasteiger partial charge in [-0.15, -0.1) is 0 Å². The fourth-order valence-electron chi connectivity index (χ4n) is 2.94. The number of benzene rings is 1. The Kier molecular flexibility index (Phi) is 5.83. The highest BCUT2D eigenvalue weighted by Gasteiger charge is 2.28. The summed E-state index contributed by atoms with van der Waals surface area (Å²) in [5.41, 5.74) is 1.26.